The molecule has 0 unspecified atom stereocenters. The molecule has 0 fully saturated rings. The Morgan fingerprint density at radius 2 is 1.97 bits per heavy atom. The summed E-state index contributed by atoms with van der Waals surface area (Å²) in [5.41, 5.74) is 3.40. The topological polar surface area (TPSA) is 75.9 Å². The Morgan fingerprint density at radius 1 is 1.19 bits per heavy atom. The lowest BCUT2D eigenvalue weighted by Crippen LogP contribution is -2.31. The molecule has 0 saturated carbocycles. The summed E-state index contributed by atoms with van der Waals surface area (Å²) in [6.07, 6.45) is 3.25. The molecule has 1 amide bonds. The van der Waals surface area contributed by atoms with Crippen LogP contribution in [-0.2, 0) is 0 Å². The molecule has 0 aliphatic carbocycles. The van der Waals surface area contributed by atoms with Crippen molar-refractivity contribution in [3.63, 3.8) is 0 Å². The predicted octanol–water partition coefficient (Wildman–Crippen LogP) is 3.80. The number of halogens is 1. The fraction of sp³-hybridized carbons (Fsp3) is 0.217. The molecule has 1 aromatic carbocycles. The smallest absolute Gasteiger partial charge is 0.255 e. The number of carbonyl (C=O) groups excluding carboxylic acids is 1. The van der Waals surface area contributed by atoms with Gasteiger partial charge >= 0.3 is 0 Å². The highest BCUT2D eigenvalue weighted by Crippen LogP contribution is 2.30. The van der Waals surface area contributed by atoms with E-state index in [1.165, 1.54) is 23.5 Å². The molecule has 3 heterocycles. The SMILES string of the molecule is Cc1cnc(-n2ncc(C(=O)NCCN(C)C)c2-c2cccs2)nc1-c1ccc(F)cc1. The number of nitrogens with one attached hydrogen (secondary N) is 1. The van der Waals surface area contributed by atoms with E-state index in [4.69, 9.17) is 4.98 Å². The average molecular weight is 451 g/mol. The minimum atomic E-state index is -0.308. The Hall–Kier alpha value is -3.43. The zero-order chi connectivity index (χ0) is 22.7. The third-order valence-corrected chi connectivity index (χ3v) is 5.76. The maximum absolute atomic E-state index is 13.4. The fourth-order valence-corrected chi connectivity index (χ4v) is 4.01. The minimum absolute atomic E-state index is 0.202. The first-order valence-corrected chi connectivity index (χ1v) is 11.0. The molecule has 0 aliphatic rings. The van der Waals surface area contributed by atoms with Crippen LogP contribution in [0.25, 0.3) is 27.8 Å². The molecule has 0 atom stereocenters. The lowest BCUT2D eigenvalue weighted by molar-refractivity contribution is 0.0951. The second-order valence-electron chi connectivity index (χ2n) is 7.56. The first-order chi connectivity index (χ1) is 15.4. The Morgan fingerprint density at radius 3 is 2.66 bits per heavy atom. The maximum atomic E-state index is 13.4. The number of aromatic nitrogens is 4. The maximum Gasteiger partial charge on any atom is 0.255 e. The summed E-state index contributed by atoms with van der Waals surface area (Å²) in [7, 11) is 3.91. The Kier molecular flexibility index (Phi) is 6.38. The van der Waals surface area contributed by atoms with E-state index < -0.39 is 0 Å². The number of amides is 1. The summed E-state index contributed by atoms with van der Waals surface area (Å²) in [6.45, 7) is 3.16. The summed E-state index contributed by atoms with van der Waals surface area (Å²) in [6, 6.07) is 10.0. The molecule has 3 aromatic heterocycles. The van der Waals surface area contributed by atoms with Crippen LogP contribution in [0.15, 0.2) is 54.2 Å². The van der Waals surface area contributed by atoms with Crippen molar-refractivity contribution in [2.24, 2.45) is 0 Å². The summed E-state index contributed by atoms with van der Waals surface area (Å²) in [4.78, 5) is 25.0. The molecule has 1 N–H and O–H groups in total. The molecule has 4 rings (SSSR count). The van der Waals surface area contributed by atoms with Gasteiger partial charge in [-0.3, -0.25) is 4.79 Å². The minimum Gasteiger partial charge on any atom is -0.351 e. The van der Waals surface area contributed by atoms with E-state index in [1.807, 2.05) is 43.4 Å². The van der Waals surface area contributed by atoms with Crippen molar-refractivity contribution in [3.05, 3.63) is 71.1 Å². The number of aryl methyl sites for hydroxylation is 1. The van der Waals surface area contributed by atoms with Crippen LogP contribution >= 0.6 is 11.3 Å². The molecule has 0 aliphatic heterocycles. The number of hydrogen-bond donors (Lipinski definition) is 1. The van der Waals surface area contributed by atoms with Crippen LogP contribution in [0.4, 0.5) is 4.39 Å². The normalized spacial score (nSPS) is 11.2. The second kappa shape index (κ2) is 9.37. The zero-order valence-corrected chi connectivity index (χ0v) is 18.9. The van der Waals surface area contributed by atoms with Gasteiger partial charge in [0.25, 0.3) is 11.9 Å². The van der Waals surface area contributed by atoms with Gasteiger partial charge in [0, 0.05) is 24.8 Å². The van der Waals surface area contributed by atoms with Gasteiger partial charge in [0.15, 0.2) is 0 Å². The van der Waals surface area contributed by atoms with Crippen LogP contribution in [-0.4, -0.2) is 57.7 Å². The van der Waals surface area contributed by atoms with Crippen molar-refractivity contribution >= 4 is 17.2 Å². The Labute approximate surface area is 189 Å². The van der Waals surface area contributed by atoms with E-state index in [0.717, 1.165) is 22.5 Å². The highest BCUT2D eigenvalue weighted by molar-refractivity contribution is 7.13. The van der Waals surface area contributed by atoms with Crippen molar-refractivity contribution in [2.45, 2.75) is 6.92 Å². The van der Waals surface area contributed by atoms with Crippen molar-refractivity contribution in [1.29, 1.82) is 0 Å². The van der Waals surface area contributed by atoms with Gasteiger partial charge in [0.2, 0.25) is 0 Å². The molecule has 32 heavy (non-hydrogen) atoms. The molecular weight excluding hydrogens is 427 g/mol. The van der Waals surface area contributed by atoms with Gasteiger partial charge in [-0.1, -0.05) is 6.07 Å². The zero-order valence-electron chi connectivity index (χ0n) is 18.0. The fourth-order valence-electron chi connectivity index (χ4n) is 3.24. The third kappa shape index (κ3) is 4.58. The lowest BCUT2D eigenvalue weighted by Gasteiger charge is -2.12. The first kappa shape index (κ1) is 21.8. The molecule has 0 saturated heterocycles. The van der Waals surface area contributed by atoms with Crippen molar-refractivity contribution in [2.75, 3.05) is 27.2 Å². The standard InChI is InChI=1S/C23H23FN6OS/c1-15-13-26-23(28-20(15)16-6-8-17(24)9-7-16)30-21(19-5-4-12-32-19)18(14-27-30)22(31)25-10-11-29(2)3/h4-9,12-14H,10-11H2,1-3H3,(H,25,31). The average Bonchev–Trinajstić information content (AvgIpc) is 3.44. The quantitative estimate of drug-likeness (QED) is 0.464. The van der Waals surface area contributed by atoms with Gasteiger partial charge in [0.1, 0.15) is 11.5 Å². The molecule has 7 nitrogen and oxygen atoms in total. The van der Waals surface area contributed by atoms with E-state index in [1.54, 1.807) is 29.2 Å². The van der Waals surface area contributed by atoms with Crippen LogP contribution in [0.3, 0.4) is 0 Å². The third-order valence-electron chi connectivity index (χ3n) is 4.88. The Bertz CT molecular complexity index is 1220. The van der Waals surface area contributed by atoms with E-state index in [2.05, 4.69) is 15.4 Å². The van der Waals surface area contributed by atoms with E-state index in [-0.39, 0.29) is 11.7 Å². The van der Waals surface area contributed by atoms with E-state index in [9.17, 15) is 9.18 Å². The number of carbonyl (C=O) groups is 1. The molecule has 9 heteroatoms. The number of hydrogen-bond acceptors (Lipinski definition) is 6. The largest absolute Gasteiger partial charge is 0.351 e. The van der Waals surface area contributed by atoms with Crippen LogP contribution in [0.2, 0.25) is 0 Å². The van der Waals surface area contributed by atoms with Gasteiger partial charge in [-0.25, -0.2) is 14.4 Å². The molecule has 4 aromatic rings. The van der Waals surface area contributed by atoms with Gasteiger partial charge in [0.05, 0.1) is 22.3 Å². The van der Waals surface area contributed by atoms with Crippen LogP contribution in [0, 0.1) is 12.7 Å². The predicted molar refractivity (Wildman–Crippen MR) is 123 cm³/mol. The monoisotopic (exact) mass is 450 g/mol. The second-order valence-corrected chi connectivity index (χ2v) is 8.51. The van der Waals surface area contributed by atoms with Gasteiger partial charge in [-0.15, -0.1) is 11.3 Å². The van der Waals surface area contributed by atoms with Gasteiger partial charge in [-0.2, -0.15) is 9.78 Å². The molecule has 0 bridgehead atoms. The first-order valence-electron chi connectivity index (χ1n) is 10.1. The van der Waals surface area contributed by atoms with Crippen LogP contribution in [0.1, 0.15) is 15.9 Å². The van der Waals surface area contributed by atoms with Crippen molar-refractivity contribution < 1.29 is 9.18 Å². The molecule has 0 spiro atoms. The number of nitrogens with zero attached hydrogens (tertiary/aromatic N) is 5. The number of rotatable bonds is 7. The van der Waals surface area contributed by atoms with E-state index in [0.29, 0.717) is 29.4 Å². The van der Waals surface area contributed by atoms with Gasteiger partial charge < -0.3 is 10.2 Å². The summed E-state index contributed by atoms with van der Waals surface area (Å²) in [5.74, 6) is -0.171. The number of likely N-dealkylation sites (N-methyl/N-ethyl adjacent to an activating group) is 1. The van der Waals surface area contributed by atoms with Crippen molar-refractivity contribution in [1.82, 2.24) is 30.0 Å². The van der Waals surface area contributed by atoms with Crippen LogP contribution < -0.4 is 5.32 Å². The highest BCUT2D eigenvalue weighted by Gasteiger charge is 2.22. The molecule has 164 valence electrons. The summed E-state index contributed by atoms with van der Waals surface area (Å²) < 4.78 is 15.0. The molecule has 0 radical (unpaired) electrons. The Balaban J connectivity index is 1.76. The lowest BCUT2D eigenvalue weighted by atomic mass is 10.1. The molecular formula is C23H23FN6OS. The van der Waals surface area contributed by atoms with Crippen LogP contribution in [0.5, 0.6) is 0 Å². The van der Waals surface area contributed by atoms with Gasteiger partial charge in [-0.05, 0) is 62.3 Å². The van der Waals surface area contributed by atoms with E-state index >= 15 is 0 Å². The summed E-state index contributed by atoms with van der Waals surface area (Å²) in [5, 5.41) is 9.34. The number of benzene rings is 1. The highest BCUT2D eigenvalue weighted by atomic mass is 32.1. The summed E-state index contributed by atoms with van der Waals surface area (Å²) >= 11 is 1.51. The van der Waals surface area contributed by atoms with Crippen molar-refractivity contribution in [3.8, 4) is 27.8 Å². The number of thiophene rings is 1.